The highest BCUT2D eigenvalue weighted by atomic mass is 35.5. The highest BCUT2D eigenvalue weighted by Crippen LogP contribution is 2.37. The molecule has 0 aromatic heterocycles. The average molecular weight is 940 g/mol. The molecule has 0 unspecified atom stereocenters. The van der Waals surface area contributed by atoms with Crippen LogP contribution in [0.25, 0.3) is 11.1 Å². The second-order valence-corrected chi connectivity index (χ2v) is 20.3. The van der Waals surface area contributed by atoms with Crippen molar-refractivity contribution in [2.75, 3.05) is 61.8 Å². The predicted molar refractivity (Wildman–Crippen MR) is 244 cm³/mol. The molecule has 7 rings (SSSR count). The first-order valence-corrected chi connectivity index (χ1v) is 24.6. The predicted octanol–water partition coefficient (Wildman–Crippen LogP) is 8.44. The average Bonchev–Trinajstić information content (AvgIpc) is 3.28. The lowest BCUT2D eigenvalue weighted by atomic mass is 9.99. The molecular weight excluding hydrogens is 893 g/mol. The van der Waals surface area contributed by atoms with Crippen molar-refractivity contribution in [1.82, 2.24) is 14.5 Å². The SMILES string of the molecule is O=C(NS(=O)(=O)c1ccc(N[C@H](CCN2C=NCCC2)CSc2ccccc2)c(S(=O)(=O)C(F)(F)F)c1)c1ccc(N2CCN(Cc3ccccc3-c3ccc(Cl)cc3)CC2)cc1. The van der Waals surface area contributed by atoms with E-state index >= 15 is 0 Å². The summed E-state index contributed by atoms with van der Waals surface area (Å²) in [6.07, 6.45) is 2.98. The third-order valence-corrected chi connectivity index (χ3v) is 15.1. The van der Waals surface area contributed by atoms with Crippen LogP contribution in [-0.4, -0.2) is 102 Å². The molecule has 0 aliphatic carbocycles. The molecule has 1 saturated heterocycles. The van der Waals surface area contributed by atoms with E-state index in [0.717, 1.165) is 66.4 Å². The Morgan fingerprint density at radius 3 is 2.21 bits per heavy atom. The third kappa shape index (κ3) is 11.7. The number of aliphatic imine (C=N–C) groups is 1. The van der Waals surface area contributed by atoms with Crippen LogP contribution < -0.4 is 14.9 Å². The zero-order valence-corrected chi connectivity index (χ0v) is 37.3. The lowest BCUT2D eigenvalue weighted by molar-refractivity contribution is -0.0435. The summed E-state index contributed by atoms with van der Waals surface area (Å²) in [5, 5.41) is 3.65. The van der Waals surface area contributed by atoms with Gasteiger partial charge in [0.25, 0.3) is 25.8 Å². The summed E-state index contributed by atoms with van der Waals surface area (Å²) >= 11 is 7.55. The highest BCUT2D eigenvalue weighted by Gasteiger charge is 2.48. The summed E-state index contributed by atoms with van der Waals surface area (Å²) in [5.74, 6) is -0.681. The summed E-state index contributed by atoms with van der Waals surface area (Å²) < 4.78 is 97.4. The fourth-order valence-electron chi connectivity index (χ4n) is 7.39. The van der Waals surface area contributed by atoms with E-state index in [-0.39, 0.29) is 5.56 Å². The van der Waals surface area contributed by atoms with Crippen LogP contribution in [0.1, 0.15) is 28.8 Å². The first kappa shape index (κ1) is 45.9. The maximum Gasteiger partial charge on any atom is 0.501 e. The molecule has 5 aromatic carbocycles. The minimum Gasteiger partial charge on any atom is -0.380 e. The summed E-state index contributed by atoms with van der Waals surface area (Å²) in [6, 6.07) is 33.5. The standard InChI is InChI=1S/C45H46ClF3N6O5S3/c46-36-15-11-33(12-16-36)41-10-5-4-7-35(41)30-53-25-27-55(28-26-53)38-17-13-34(14-18-38)44(56)52-63(59,60)40-19-20-42(43(29-40)62(57,58)45(47,48)49)51-37(21-24-54-23-6-22-50-32-54)31-61-39-8-2-1-3-9-39/h1-5,7-20,29,32,37,51H,6,21-28,30-31H2,(H,52,56)/t37-/m1/s1. The third-order valence-electron chi connectivity index (χ3n) is 10.8. The molecule has 0 spiro atoms. The van der Waals surface area contributed by atoms with Crippen LogP contribution in [0.3, 0.4) is 0 Å². The van der Waals surface area contributed by atoms with E-state index < -0.39 is 52.8 Å². The number of sulfone groups is 1. The van der Waals surface area contributed by atoms with Crippen molar-refractivity contribution in [2.24, 2.45) is 4.99 Å². The quantitative estimate of drug-likeness (QED) is 0.0930. The van der Waals surface area contributed by atoms with Crippen molar-refractivity contribution in [3.8, 4) is 11.1 Å². The molecule has 2 aliphatic heterocycles. The molecule has 63 heavy (non-hydrogen) atoms. The topological polar surface area (TPSA) is 131 Å². The monoisotopic (exact) mass is 938 g/mol. The van der Waals surface area contributed by atoms with Gasteiger partial charge in [0.1, 0.15) is 4.90 Å². The van der Waals surface area contributed by atoms with E-state index in [4.69, 9.17) is 11.6 Å². The summed E-state index contributed by atoms with van der Waals surface area (Å²) in [7, 11) is -10.9. The molecule has 11 nitrogen and oxygen atoms in total. The van der Waals surface area contributed by atoms with Gasteiger partial charge in [0.2, 0.25) is 0 Å². The van der Waals surface area contributed by atoms with Gasteiger partial charge in [-0.3, -0.25) is 14.7 Å². The van der Waals surface area contributed by atoms with Crippen molar-refractivity contribution >= 4 is 66.8 Å². The number of nitrogens with zero attached hydrogens (tertiary/aromatic N) is 4. The number of alkyl halides is 3. The lowest BCUT2D eigenvalue weighted by Gasteiger charge is -2.36. The van der Waals surface area contributed by atoms with Crippen LogP contribution in [0, 0.1) is 0 Å². The van der Waals surface area contributed by atoms with Crippen LogP contribution in [-0.2, 0) is 26.4 Å². The summed E-state index contributed by atoms with van der Waals surface area (Å²) in [6.45, 7) is 5.66. The normalized spacial score (nSPS) is 15.6. The molecule has 0 radical (unpaired) electrons. The van der Waals surface area contributed by atoms with Crippen molar-refractivity contribution in [1.29, 1.82) is 0 Å². The fraction of sp³-hybridized carbons (Fsp3) is 0.289. The van der Waals surface area contributed by atoms with Crippen LogP contribution >= 0.6 is 23.4 Å². The largest absolute Gasteiger partial charge is 0.501 e. The van der Waals surface area contributed by atoms with E-state index in [1.807, 2.05) is 76.4 Å². The number of benzene rings is 5. The Morgan fingerprint density at radius 1 is 0.825 bits per heavy atom. The minimum absolute atomic E-state index is 0.0151. The number of thioether (sulfide) groups is 1. The molecule has 18 heteroatoms. The maximum absolute atomic E-state index is 14.1. The number of rotatable bonds is 16. The van der Waals surface area contributed by atoms with Gasteiger partial charge in [0.15, 0.2) is 0 Å². The zero-order valence-electron chi connectivity index (χ0n) is 34.0. The van der Waals surface area contributed by atoms with E-state index in [1.165, 1.54) is 29.5 Å². The molecule has 1 atom stereocenters. The van der Waals surface area contributed by atoms with Gasteiger partial charge in [0, 0.05) is 85.3 Å². The van der Waals surface area contributed by atoms with Gasteiger partial charge in [-0.15, -0.1) is 11.8 Å². The number of sulfonamides is 1. The van der Waals surface area contributed by atoms with Crippen molar-refractivity contribution in [2.45, 2.75) is 45.6 Å². The van der Waals surface area contributed by atoms with Gasteiger partial charge in [-0.2, -0.15) is 13.2 Å². The van der Waals surface area contributed by atoms with E-state index in [2.05, 4.69) is 32.2 Å². The Labute approximate surface area is 375 Å². The molecule has 5 aromatic rings. The number of amides is 1. The molecule has 0 bridgehead atoms. The lowest BCUT2D eigenvalue weighted by Crippen LogP contribution is -2.46. The smallest absolute Gasteiger partial charge is 0.380 e. The van der Waals surface area contributed by atoms with Crippen molar-refractivity contribution in [3.63, 3.8) is 0 Å². The second-order valence-electron chi connectivity index (χ2n) is 15.2. The molecule has 332 valence electrons. The number of hydrogen-bond donors (Lipinski definition) is 2. The molecule has 1 fully saturated rings. The van der Waals surface area contributed by atoms with Crippen LogP contribution in [0.15, 0.2) is 141 Å². The van der Waals surface area contributed by atoms with Crippen LogP contribution in [0.2, 0.25) is 5.02 Å². The first-order chi connectivity index (χ1) is 30.2. The highest BCUT2D eigenvalue weighted by molar-refractivity contribution is 7.99. The number of halogens is 4. The first-order valence-electron chi connectivity index (χ1n) is 20.3. The maximum atomic E-state index is 14.1. The van der Waals surface area contributed by atoms with Crippen molar-refractivity contribution < 1.29 is 34.8 Å². The Balaban J connectivity index is 1.02. The molecule has 1 amide bonds. The van der Waals surface area contributed by atoms with Crippen molar-refractivity contribution in [3.05, 3.63) is 137 Å². The van der Waals surface area contributed by atoms with Gasteiger partial charge < -0.3 is 15.1 Å². The van der Waals surface area contributed by atoms with Gasteiger partial charge in [-0.1, -0.05) is 66.2 Å². The minimum atomic E-state index is -6.06. The Hall–Kier alpha value is -5.07. The second kappa shape index (κ2) is 20.2. The van der Waals surface area contributed by atoms with E-state index in [0.29, 0.717) is 49.4 Å². The molecule has 0 saturated carbocycles. The number of hydrogen-bond acceptors (Lipinski definition) is 11. The van der Waals surface area contributed by atoms with Crippen LogP contribution in [0.5, 0.6) is 0 Å². The molecule has 2 aliphatic rings. The van der Waals surface area contributed by atoms with Gasteiger partial charge in [-0.05, 0) is 96.3 Å². The molecule has 2 heterocycles. The Morgan fingerprint density at radius 2 is 1.52 bits per heavy atom. The number of carbonyl (C=O) groups excluding carboxylic acids is 1. The fourth-order valence-corrected chi connectivity index (χ4v) is 10.5. The molecular formula is C45H46ClF3N6O5S3. The Bertz CT molecular complexity index is 2610. The molecule has 2 N–H and O–H groups in total. The van der Waals surface area contributed by atoms with E-state index in [1.54, 1.807) is 18.5 Å². The van der Waals surface area contributed by atoms with Gasteiger partial charge in [-0.25, -0.2) is 21.6 Å². The number of piperazine rings is 1. The Kier molecular flexibility index (Phi) is 14.7. The zero-order chi connectivity index (χ0) is 44.6. The van der Waals surface area contributed by atoms with Gasteiger partial charge in [0.05, 0.1) is 16.9 Å². The van der Waals surface area contributed by atoms with E-state index in [9.17, 15) is 34.8 Å². The van der Waals surface area contributed by atoms with Crippen LogP contribution in [0.4, 0.5) is 24.5 Å². The number of carbonyl (C=O) groups is 1. The summed E-state index contributed by atoms with van der Waals surface area (Å²) in [4.78, 5) is 22.9. The van der Waals surface area contributed by atoms with Gasteiger partial charge >= 0.3 is 5.51 Å². The summed E-state index contributed by atoms with van der Waals surface area (Å²) in [5.41, 5.74) is -1.93. The number of nitrogens with one attached hydrogen (secondary N) is 2. The number of anilines is 2.